The van der Waals surface area contributed by atoms with Crippen LogP contribution in [0.4, 0.5) is 0 Å². The Bertz CT molecular complexity index is 802. The minimum absolute atomic E-state index is 0.209. The first-order valence-electron chi connectivity index (χ1n) is 7.01. The summed E-state index contributed by atoms with van der Waals surface area (Å²) in [4.78, 5) is 4.57. The molecule has 0 aliphatic rings. The molecule has 0 unspecified atom stereocenters. The van der Waals surface area contributed by atoms with Gasteiger partial charge in [0.1, 0.15) is 11.0 Å². The Labute approximate surface area is 134 Å². The van der Waals surface area contributed by atoms with E-state index >= 15 is 0 Å². The third-order valence-electron chi connectivity index (χ3n) is 3.43. The van der Waals surface area contributed by atoms with Crippen LogP contribution in [0.3, 0.4) is 0 Å². The lowest BCUT2D eigenvalue weighted by Crippen LogP contribution is -2.02. The molecule has 0 spiro atoms. The van der Waals surface area contributed by atoms with E-state index in [4.69, 9.17) is 16.9 Å². The van der Waals surface area contributed by atoms with Gasteiger partial charge in [0.15, 0.2) is 0 Å². The average Bonchev–Trinajstić information content (AvgIpc) is 2.87. The molecular formula is C18H14ClN3. The van der Waals surface area contributed by atoms with Crippen molar-refractivity contribution in [2.24, 2.45) is 0 Å². The molecule has 0 amide bonds. The van der Waals surface area contributed by atoms with Crippen LogP contribution >= 0.6 is 11.6 Å². The number of rotatable bonds is 4. The second-order valence-electron chi connectivity index (χ2n) is 4.95. The van der Waals surface area contributed by atoms with Crippen LogP contribution in [0.2, 0.25) is 5.15 Å². The highest BCUT2D eigenvalue weighted by atomic mass is 35.5. The van der Waals surface area contributed by atoms with Gasteiger partial charge in [-0.2, -0.15) is 5.26 Å². The number of hydrogen-bond acceptors (Lipinski definition) is 2. The van der Waals surface area contributed by atoms with Gasteiger partial charge in [-0.05, 0) is 5.56 Å². The Balaban J connectivity index is 2.08. The van der Waals surface area contributed by atoms with E-state index in [0.29, 0.717) is 17.4 Å². The summed E-state index contributed by atoms with van der Waals surface area (Å²) < 4.78 is 1.96. The summed E-state index contributed by atoms with van der Waals surface area (Å²) in [7, 11) is 0. The summed E-state index contributed by atoms with van der Waals surface area (Å²) in [6.45, 7) is 0.627. The van der Waals surface area contributed by atoms with Crippen molar-refractivity contribution in [3.8, 4) is 17.5 Å². The number of nitrogens with zero attached hydrogens (tertiary/aromatic N) is 3. The zero-order valence-corrected chi connectivity index (χ0v) is 12.7. The lowest BCUT2D eigenvalue weighted by Gasteiger charge is -2.09. The molecule has 0 aliphatic heterocycles. The normalized spacial score (nSPS) is 10.4. The van der Waals surface area contributed by atoms with Crippen molar-refractivity contribution in [1.29, 1.82) is 5.26 Å². The second kappa shape index (κ2) is 6.46. The van der Waals surface area contributed by atoms with Crippen molar-refractivity contribution in [3.05, 3.63) is 77.1 Å². The second-order valence-corrected chi connectivity index (χ2v) is 5.30. The number of hydrogen-bond donors (Lipinski definition) is 0. The van der Waals surface area contributed by atoms with Crippen molar-refractivity contribution in [2.45, 2.75) is 13.0 Å². The van der Waals surface area contributed by atoms with Crippen LogP contribution < -0.4 is 0 Å². The molecule has 3 rings (SSSR count). The first-order chi connectivity index (χ1) is 10.8. The van der Waals surface area contributed by atoms with Crippen molar-refractivity contribution in [2.75, 3.05) is 0 Å². The highest BCUT2D eigenvalue weighted by Gasteiger charge is 2.16. The molecule has 0 aliphatic carbocycles. The number of nitriles is 1. The number of halogens is 1. The first-order valence-corrected chi connectivity index (χ1v) is 7.38. The monoisotopic (exact) mass is 307 g/mol. The molecule has 0 fully saturated rings. The molecule has 4 heteroatoms. The molecule has 0 saturated carbocycles. The Morgan fingerprint density at radius 2 is 1.64 bits per heavy atom. The van der Waals surface area contributed by atoms with Crippen LogP contribution in [0, 0.1) is 11.3 Å². The Hall–Kier alpha value is -2.57. The van der Waals surface area contributed by atoms with Gasteiger partial charge in [-0.25, -0.2) is 4.98 Å². The molecule has 0 atom stereocenters. The molecule has 108 valence electrons. The van der Waals surface area contributed by atoms with Gasteiger partial charge in [-0.3, -0.25) is 0 Å². The van der Waals surface area contributed by atoms with Crippen LogP contribution in [0.1, 0.15) is 11.3 Å². The maximum absolute atomic E-state index is 8.95. The zero-order chi connectivity index (χ0) is 15.4. The molecule has 0 N–H and O–H groups in total. The highest BCUT2D eigenvalue weighted by Crippen LogP contribution is 2.27. The Morgan fingerprint density at radius 1 is 1.00 bits per heavy atom. The number of imidazole rings is 1. The topological polar surface area (TPSA) is 41.6 Å². The third kappa shape index (κ3) is 2.88. The van der Waals surface area contributed by atoms with E-state index in [0.717, 1.165) is 17.0 Å². The van der Waals surface area contributed by atoms with Crippen molar-refractivity contribution in [3.63, 3.8) is 0 Å². The van der Waals surface area contributed by atoms with E-state index in [-0.39, 0.29) is 6.42 Å². The summed E-state index contributed by atoms with van der Waals surface area (Å²) in [5.74, 6) is 0.791. The number of benzene rings is 2. The van der Waals surface area contributed by atoms with Crippen LogP contribution in [0.15, 0.2) is 60.7 Å². The van der Waals surface area contributed by atoms with Crippen LogP contribution in [0.25, 0.3) is 11.4 Å². The van der Waals surface area contributed by atoms with Crippen LogP contribution in [-0.2, 0) is 13.0 Å². The summed E-state index contributed by atoms with van der Waals surface area (Å²) in [6, 6.07) is 22.1. The summed E-state index contributed by atoms with van der Waals surface area (Å²) in [5, 5.41) is 9.48. The van der Waals surface area contributed by atoms with E-state index in [1.54, 1.807) is 0 Å². The maximum atomic E-state index is 8.95. The summed E-state index contributed by atoms with van der Waals surface area (Å²) in [5.41, 5.74) is 2.76. The molecule has 22 heavy (non-hydrogen) atoms. The van der Waals surface area contributed by atoms with Gasteiger partial charge in [-0.1, -0.05) is 72.3 Å². The van der Waals surface area contributed by atoms with E-state index in [9.17, 15) is 0 Å². The van der Waals surface area contributed by atoms with Gasteiger partial charge >= 0.3 is 0 Å². The average molecular weight is 308 g/mol. The Morgan fingerprint density at radius 3 is 2.27 bits per heavy atom. The molecule has 0 saturated heterocycles. The Kier molecular flexibility index (Phi) is 4.22. The summed E-state index contributed by atoms with van der Waals surface area (Å²) >= 11 is 6.46. The zero-order valence-electron chi connectivity index (χ0n) is 11.9. The SMILES string of the molecule is N#CCc1nc(-c2ccccc2)n(Cc2ccccc2)c1Cl. The molecule has 0 radical (unpaired) electrons. The predicted molar refractivity (Wildman–Crippen MR) is 87.5 cm³/mol. The first kappa shape index (κ1) is 14.4. The van der Waals surface area contributed by atoms with E-state index < -0.39 is 0 Å². The molecule has 0 bridgehead atoms. The molecule has 1 aromatic heterocycles. The smallest absolute Gasteiger partial charge is 0.141 e. The fraction of sp³-hybridized carbons (Fsp3) is 0.111. The number of aromatic nitrogens is 2. The molecular weight excluding hydrogens is 294 g/mol. The van der Waals surface area contributed by atoms with Crippen LogP contribution in [0.5, 0.6) is 0 Å². The standard InChI is InChI=1S/C18H14ClN3/c19-17-16(11-12-20)21-18(15-9-5-2-6-10-15)22(17)13-14-7-3-1-4-8-14/h1-10H,11,13H2. The van der Waals surface area contributed by atoms with E-state index in [1.807, 2.05) is 53.1 Å². The third-order valence-corrected chi connectivity index (χ3v) is 3.86. The maximum Gasteiger partial charge on any atom is 0.141 e. The van der Waals surface area contributed by atoms with Crippen LogP contribution in [-0.4, -0.2) is 9.55 Å². The highest BCUT2D eigenvalue weighted by molar-refractivity contribution is 6.30. The fourth-order valence-corrected chi connectivity index (χ4v) is 2.64. The van der Waals surface area contributed by atoms with E-state index in [1.165, 1.54) is 0 Å². The minimum Gasteiger partial charge on any atom is -0.310 e. The largest absolute Gasteiger partial charge is 0.310 e. The van der Waals surface area contributed by atoms with Gasteiger partial charge in [0.25, 0.3) is 0 Å². The lowest BCUT2D eigenvalue weighted by molar-refractivity contribution is 0.807. The van der Waals surface area contributed by atoms with Crippen molar-refractivity contribution in [1.82, 2.24) is 9.55 Å². The van der Waals surface area contributed by atoms with E-state index in [2.05, 4.69) is 23.2 Å². The molecule has 3 aromatic rings. The van der Waals surface area contributed by atoms with Crippen molar-refractivity contribution >= 4 is 11.6 Å². The molecule has 3 nitrogen and oxygen atoms in total. The molecule has 1 heterocycles. The fourth-order valence-electron chi connectivity index (χ4n) is 2.39. The molecule has 2 aromatic carbocycles. The van der Waals surface area contributed by atoms with Gasteiger partial charge in [0.2, 0.25) is 0 Å². The van der Waals surface area contributed by atoms with Crippen molar-refractivity contribution < 1.29 is 0 Å². The predicted octanol–water partition coefficient (Wildman–Crippen LogP) is 4.32. The van der Waals surface area contributed by atoms with Gasteiger partial charge in [0.05, 0.1) is 24.7 Å². The van der Waals surface area contributed by atoms with Gasteiger partial charge in [-0.15, -0.1) is 0 Å². The van der Waals surface area contributed by atoms with Gasteiger partial charge < -0.3 is 4.57 Å². The minimum atomic E-state index is 0.209. The lowest BCUT2D eigenvalue weighted by atomic mass is 10.2. The van der Waals surface area contributed by atoms with Gasteiger partial charge in [0, 0.05) is 5.56 Å². The quantitative estimate of drug-likeness (QED) is 0.720. The summed E-state index contributed by atoms with van der Waals surface area (Å²) in [6.07, 6.45) is 0.209.